The third kappa shape index (κ3) is 3.36. The van der Waals surface area contributed by atoms with Crippen LogP contribution in [0.3, 0.4) is 0 Å². The summed E-state index contributed by atoms with van der Waals surface area (Å²) in [6, 6.07) is 3.20. The molecule has 118 valence electrons. The van der Waals surface area contributed by atoms with Crippen molar-refractivity contribution in [3.8, 4) is 0 Å². The van der Waals surface area contributed by atoms with Gasteiger partial charge in [-0.15, -0.1) is 0 Å². The minimum Gasteiger partial charge on any atom is -0.307 e. The van der Waals surface area contributed by atoms with Gasteiger partial charge in [-0.2, -0.15) is 4.31 Å². The molecule has 0 radical (unpaired) electrons. The van der Waals surface area contributed by atoms with E-state index in [0.29, 0.717) is 0 Å². The van der Waals surface area contributed by atoms with E-state index in [1.165, 1.54) is 23.0 Å². The van der Waals surface area contributed by atoms with Gasteiger partial charge in [0.2, 0.25) is 10.0 Å². The molecule has 0 saturated heterocycles. The van der Waals surface area contributed by atoms with E-state index in [1.54, 1.807) is 13.1 Å². The normalized spacial score (nSPS) is 23.2. The Morgan fingerprint density at radius 1 is 1.38 bits per heavy atom. The first kappa shape index (κ1) is 16.2. The van der Waals surface area contributed by atoms with Gasteiger partial charge in [-0.25, -0.2) is 19.2 Å². The highest BCUT2D eigenvalue weighted by Crippen LogP contribution is 2.32. The summed E-state index contributed by atoms with van der Waals surface area (Å²) in [4.78, 5) is 4.11. The van der Waals surface area contributed by atoms with Crippen LogP contribution in [0, 0.1) is 5.92 Å². The molecule has 1 aliphatic carbocycles. The molecule has 1 aliphatic rings. The quantitative estimate of drug-likeness (QED) is 0.641. The van der Waals surface area contributed by atoms with Crippen LogP contribution in [0.1, 0.15) is 39.0 Å². The maximum absolute atomic E-state index is 12.8. The number of anilines is 1. The molecule has 0 bridgehead atoms. The fraction of sp³-hybridized carbons (Fsp3) is 0.643. The largest absolute Gasteiger partial charge is 0.307 e. The number of nitrogens with zero attached hydrogens (tertiary/aromatic N) is 2. The number of rotatable bonds is 5. The van der Waals surface area contributed by atoms with Crippen LogP contribution < -0.4 is 11.3 Å². The van der Waals surface area contributed by atoms with Crippen molar-refractivity contribution in [2.24, 2.45) is 11.8 Å². The molecule has 7 heteroatoms. The number of nitrogens with one attached hydrogen (secondary N) is 1. The third-order valence-electron chi connectivity index (χ3n) is 4.47. The van der Waals surface area contributed by atoms with Crippen LogP contribution in [0.2, 0.25) is 0 Å². The van der Waals surface area contributed by atoms with Gasteiger partial charge in [0, 0.05) is 19.3 Å². The number of nitrogens with two attached hydrogens (primary N) is 1. The van der Waals surface area contributed by atoms with Crippen molar-refractivity contribution in [2.45, 2.75) is 50.0 Å². The summed E-state index contributed by atoms with van der Waals surface area (Å²) in [5, 5.41) is 0. The maximum Gasteiger partial charge on any atom is 0.246 e. The summed E-state index contributed by atoms with van der Waals surface area (Å²) in [6.07, 6.45) is 6.71. The lowest BCUT2D eigenvalue weighted by Gasteiger charge is -2.33. The van der Waals surface area contributed by atoms with Crippen LogP contribution in [0.5, 0.6) is 0 Å². The first-order valence-electron chi connectivity index (χ1n) is 7.40. The molecule has 2 rings (SSSR count). The van der Waals surface area contributed by atoms with Crippen molar-refractivity contribution in [3.63, 3.8) is 0 Å². The van der Waals surface area contributed by atoms with Crippen LogP contribution in [0.4, 0.5) is 5.82 Å². The Morgan fingerprint density at radius 3 is 2.62 bits per heavy atom. The molecular formula is C14H24N4O2S. The van der Waals surface area contributed by atoms with Gasteiger partial charge in [-0.1, -0.05) is 13.3 Å². The second kappa shape index (κ2) is 6.72. The maximum atomic E-state index is 12.8. The van der Waals surface area contributed by atoms with Crippen molar-refractivity contribution in [1.82, 2.24) is 9.29 Å². The van der Waals surface area contributed by atoms with Crippen molar-refractivity contribution in [3.05, 3.63) is 18.3 Å². The second-order valence-corrected chi connectivity index (χ2v) is 7.56. The number of hydrazine groups is 1. The van der Waals surface area contributed by atoms with Crippen LogP contribution in [-0.4, -0.2) is 30.8 Å². The van der Waals surface area contributed by atoms with Crippen LogP contribution in [0.15, 0.2) is 23.2 Å². The molecule has 0 spiro atoms. The number of sulfonamides is 1. The molecule has 0 aromatic carbocycles. The average Bonchev–Trinajstić information content (AvgIpc) is 2.54. The van der Waals surface area contributed by atoms with Gasteiger partial charge in [0.15, 0.2) is 5.82 Å². The Morgan fingerprint density at radius 2 is 2.05 bits per heavy atom. The monoisotopic (exact) mass is 312 g/mol. The first-order valence-corrected chi connectivity index (χ1v) is 8.84. The molecule has 1 fully saturated rings. The number of pyridine rings is 1. The first-order chi connectivity index (χ1) is 10.0. The molecule has 6 nitrogen and oxygen atoms in total. The molecule has 1 heterocycles. The molecule has 1 aromatic heterocycles. The molecule has 21 heavy (non-hydrogen) atoms. The number of hydrogen-bond acceptors (Lipinski definition) is 5. The Bertz CT molecular complexity index is 568. The van der Waals surface area contributed by atoms with Crippen molar-refractivity contribution < 1.29 is 8.42 Å². The molecule has 3 N–H and O–H groups in total. The van der Waals surface area contributed by atoms with Gasteiger partial charge in [-0.3, -0.25) is 0 Å². The molecule has 0 unspecified atom stereocenters. The van der Waals surface area contributed by atoms with E-state index < -0.39 is 10.0 Å². The lowest BCUT2D eigenvalue weighted by atomic mass is 9.85. The van der Waals surface area contributed by atoms with Crippen molar-refractivity contribution in [1.29, 1.82) is 0 Å². The Labute approximate surface area is 126 Å². The fourth-order valence-electron chi connectivity index (χ4n) is 2.98. The minimum absolute atomic E-state index is 0.0589. The van der Waals surface area contributed by atoms with E-state index in [2.05, 4.69) is 17.3 Å². The Hall–Kier alpha value is -1.18. The van der Waals surface area contributed by atoms with E-state index in [9.17, 15) is 8.42 Å². The topological polar surface area (TPSA) is 88.3 Å². The van der Waals surface area contributed by atoms with E-state index in [4.69, 9.17) is 5.84 Å². The van der Waals surface area contributed by atoms with E-state index in [1.807, 2.05) is 0 Å². The van der Waals surface area contributed by atoms with E-state index in [-0.39, 0.29) is 16.8 Å². The van der Waals surface area contributed by atoms with Gasteiger partial charge in [0.1, 0.15) is 4.90 Å². The smallest absolute Gasteiger partial charge is 0.246 e. The van der Waals surface area contributed by atoms with E-state index in [0.717, 1.165) is 31.6 Å². The van der Waals surface area contributed by atoms with Crippen LogP contribution in [-0.2, 0) is 10.0 Å². The van der Waals surface area contributed by atoms with Crippen molar-refractivity contribution in [2.75, 3.05) is 12.5 Å². The standard InChI is InChI=1S/C14H24N4O2S/c1-3-11-6-8-12(9-7-11)18(2)21(19,20)13-5-4-10-16-14(13)17-15/h4-5,10-12H,3,6-9,15H2,1-2H3,(H,16,17). The predicted octanol–water partition coefficient (Wildman–Crippen LogP) is 1.96. The number of nitrogen functional groups attached to an aromatic ring is 1. The van der Waals surface area contributed by atoms with Gasteiger partial charge >= 0.3 is 0 Å². The van der Waals surface area contributed by atoms with Gasteiger partial charge in [-0.05, 0) is 43.7 Å². The third-order valence-corrected chi connectivity index (χ3v) is 6.41. The van der Waals surface area contributed by atoms with Crippen LogP contribution >= 0.6 is 0 Å². The number of aromatic nitrogens is 1. The molecular weight excluding hydrogens is 288 g/mol. The van der Waals surface area contributed by atoms with Gasteiger partial charge in [0.05, 0.1) is 0 Å². The van der Waals surface area contributed by atoms with Gasteiger partial charge in [0.25, 0.3) is 0 Å². The molecule has 1 aromatic rings. The highest BCUT2D eigenvalue weighted by Gasteiger charge is 2.32. The lowest BCUT2D eigenvalue weighted by molar-refractivity contribution is 0.233. The van der Waals surface area contributed by atoms with Crippen LogP contribution in [0.25, 0.3) is 0 Å². The average molecular weight is 312 g/mol. The Kier molecular flexibility index (Phi) is 5.18. The molecule has 0 aliphatic heterocycles. The zero-order valence-corrected chi connectivity index (χ0v) is 13.4. The summed E-state index contributed by atoms with van der Waals surface area (Å²) in [5.74, 6) is 6.29. The summed E-state index contributed by atoms with van der Waals surface area (Å²) in [5.41, 5.74) is 2.36. The molecule has 0 atom stereocenters. The highest BCUT2D eigenvalue weighted by atomic mass is 32.2. The van der Waals surface area contributed by atoms with Crippen molar-refractivity contribution >= 4 is 15.8 Å². The number of hydrogen-bond donors (Lipinski definition) is 2. The second-order valence-electron chi connectivity index (χ2n) is 5.60. The Balaban J connectivity index is 2.19. The lowest BCUT2D eigenvalue weighted by Crippen LogP contribution is -2.39. The summed E-state index contributed by atoms with van der Waals surface area (Å²) < 4.78 is 27.0. The SMILES string of the molecule is CCC1CCC(N(C)S(=O)(=O)c2cccnc2NN)CC1. The molecule has 0 amide bonds. The highest BCUT2D eigenvalue weighted by molar-refractivity contribution is 7.89. The fourth-order valence-corrected chi connectivity index (χ4v) is 4.50. The predicted molar refractivity (Wildman–Crippen MR) is 83.0 cm³/mol. The van der Waals surface area contributed by atoms with Gasteiger partial charge < -0.3 is 5.43 Å². The zero-order chi connectivity index (χ0) is 15.5. The summed E-state index contributed by atoms with van der Waals surface area (Å²) >= 11 is 0. The summed E-state index contributed by atoms with van der Waals surface area (Å²) in [6.45, 7) is 2.19. The molecule has 1 saturated carbocycles. The zero-order valence-electron chi connectivity index (χ0n) is 12.6. The van der Waals surface area contributed by atoms with E-state index >= 15 is 0 Å². The minimum atomic E-state index is -3.58. The summed E-state index contributed by atoms with van der Waals surface area (Å²) in [7, 11) is -1.92.